The highest BCUT2D eigenvalue weighted by Gasteiger charge is 2.16. The first-order chi connectivity index (χ1) is 9.90. The Hall–Kier alpha value is -1.47. The van der Waals surface area contributed by atoms with Gasteiger partial charge in [0.25, 0.3) is 0 Å². The van der Waals surface area contributed by atoms with Gasteiger partial charge in [-0.1, -0.05) is 48.0 Å². The molecule has 0 saturated heterocycles. The summed E-state index contributed by atoms with van der Waals surface area (Å²) in [6, 6.07) is 15.1. The molecule has 0 aliphatic rings. The predicted molar refractivity (Wildman–Crippen MR) is 91.2 cm³/mol. The number of carbonyl (C=O) groups is 1. The molecule has 0 unspecified atom stereocenters. The smallest absolute Gasteiger partial charge is 0.200 e. The SMILES string of the molecule is Cc1ccc(S(=O)(=O)C=C(I)C(=O)c2ccccc2)cc1. The first-order valence-corrected chi connectivity index (χ1v) is 8.81. The number of allylic oxidation sites excluding steroid dienone is 1. The number of sulfone groups is 1. The Morgan fingerprint density at radius 3 is 2.14 bits per heavy atom. The van der Waals surface area contributed by atoms with Crippen LogP contribution in [0.25, 0.3) is 0 Å². The first kappa shape index (κ1) is 15.9. The lowest BCUT2D eigenvalue weighted by Crippen LogP contribution is -2.03. The lowest BCUT2D eigenvalue weighted by atomic mass is 10.1. The standard InChI is InChI=1S/C16H13IO3S/c1-12-7-9-14(10-8-12)21(19,20)11-15(17)16(18)13-5-3-2-4-6-13/h2-11H,1H3. The molecule has 0 fully saturated rings. The number of ketones is 1. The molecule has 2 rings (SSSR count). The van der Waals surface area contributed by atoms with Gasteiger partial charge in [-0.15, -0.1) is 0 Å². The van der Waals surface area contributed by atoms with Gasteiger partial charge in [0.2, 0.25) is 9.84 Å². The molecule has 108 valence electrons. The Bertz CT molecular complexity index is 776. The van der Waals surface area contributed by atoms with Gasteiger partial charge in [-0.3, -0.25) is 4.79 Å². The van der Waals surface area contributed by atoms with Crippen LogP contribution < -0.4 is 0 Å². The van der Waals surface area contributed by atoms with E-state index in [1.165, 1.54) is 12.1 Å². The first-order valence-electron chi connectivity index (χ1n) is 6.19. The van der Waals surface area contributed by atoms with Crippen LogP contribution in [0.3, 0.4) is 0 Å². The maximum Gasteiger partial charge on any atom is 0.200 e. The van der Waals surface area contributed by atoms with E-state index < -0.39 is 9.84 Å². The molecule has 0 atom stereocenters. The molecule has 0 radical (unpaired) electrons. The summed E-state index contributed by atoms with van der Waals surface area (Å²) in [5.41, 5.74) is 1.45. The number of Topliss-reactive ketones (excluding diaryl/α,β-unsaturated/α-hetero) is 1. The van der Waals surface area contributed by atoms with Crippen LogP contribution >= 0.6 is 22.6 Å². The van der Waals surface area contributed by atoms with Crippen LogP contribution in [-0.2, 0) is 9.84 Å². The number of rotatable bonds is 4. The van der Waals surface area contributed by atoms with E-state index in [4.69, 9.17) is 0 Å². The molecule has 2 aromatic rings. The number of aryl methyl sites for hydroxylation is 1. The second-order valence-electron chi connectivity index (χ2n) is 4.52. The fraction of sp³-hybridized carbons (Fsp3) is 0.0625. The Morgan fingerprint density at radius 2 is 1.57 bits per heavy atom. The van der Waals surface area contributed by atoms with Crippen molar-refractivity contribution in [1.82, 2.24) is 0 Å². The minimum absolute atomic E-state index is 0.166. The summed E-state index contributed by atoms with van der Waals surface area (Å²) < 4.78 is 24.7. The number of halogens is 1. The van der Waals surface area contributed by atoms with Crippen molar-refractivity contribution in [3.8, 4) is 0 Å². The van der Waals surface area contributed by atoms with Crippen LogP contribution in [0.2, 0.25) is 0 Å². The normalized spacial score (nSPS) is 12.2. The van der Waals surface area contributed by atoms with Gasteiger partial charge in [-0.2, -0.15) is 0 Å². The van der Waals surface area contributed by atoms with Gasteiger partial charge >= 0.3 is 0 Å². The van der Waals surface area contributed by atoms with E-state index in [2.05, 4.69) is 0 Å². The molecule has 2 aromatic carbocycles. The molecule has 0 N–H and O–H groups in total. The molecule has 0 aliphatic carbocycles. The zero-order valence-electron chi connectivity index (χ0n) is 11.3. The Morgan fingerprint density at radius 1 is 1.00 bits per heavy atom. The Kier molecular flexibility index (Phi) is 4.95. The largest absolute Gasteiger partial charge is 0.288 e. The molecule has 0 aliphatic heterocycles. The summed E-state index contributed by atoms with van der Waals surface area (Å²) in [6.45, 7) is 1.88. The maximum absolute atomic E-state index is 12.3. The summed E-state index contributed by atoms with van der Waals surface area (Å²) >= 11 is 1.76. The van der Waals surface area contributed by atoms with Crippen LogP contribution in [0.15, 0.2) is 68.5 Å². The van der Waals surface area contributed by atoms with Gasteiger partial charge < -0.3 is 0 Å². The monoisotopic (exact) mass is 412 g/mol. The van der Waals surface area contributed by atoms with E-state index >= 15 is 0 Å². The molecule has 0 saturated carbocycles. The van der Waals surface area contributed by atoms with Gasteiger partial charge in [0.05, 0.1) is 13.9 Å². The second-order valence-corrected chi connectivity index (χ2v) is 7.48. The van der Waals surface area contributed by atoms with E-state index in [1.807, 2.05) is 6.92 Å². The van der Waals surface area contributed by atoms with Crippen molar-refractivity contribution in [3.63, 3.8) is 0 Å². The van der Waals surface area contributed by atoms with Crippen molar-refractivity contribution in [1.29, 1.82) is 0 Å². The van der Waals surface area contributed by atoms with Gasteiger partial charge in [-0.05, 0) is 41.6 Å². The molecule has 0 amide bonds. The molecule has 0 bridgehead atoms. The third kappa shape index (κ3) is 4.01. The highest BCUT2D eigenvalue weighted by atomic mass is 127. The molecule has 0 spiro atoms. The summed E-state index contributed by atoms with van der Waals surface area (Å²) in [5.74, 6) is -0.299. The fourth-order valence-electron chi connectivity index (χ4n) is 1.71. The molecule has 5 heteroatoms. The van der Waals surface area contributed by atoms with Gasteiger partial charge in [-0.25, -0.2) is 8.42 Å². The van der Waals surface area contributed by atoms with Crippen LogP contribution in [0, 0.1) is 6.92 Å². The highest BCUT2D eigenvalue weighted by Crippen LogP contribution is 2.20. The zero-order valence-corrected chi connectivity index (χ0v) is 14.3. The summed E-state index contributed by atoms with van der Waals surface area (Å²) in [5, 5.41) is 1.02. The van der Waals surface area contributed by atoms with Gasteiger partial charge in [0, 0.05) is 5.56 Å². The summed E-state index contributed by atoms with van der Waals surface area (Å²) in [4.78, 5) is 12.4. The summed E-state index contributed by atoms with van der Waals surface area (Å²) in [6.07, 6.45) is 0. The van der Waals surface area contributed by atoms with Crippen molar-refractivity contribution >= 4 is 38.2 Å². The van der Waals surface area contributed by atoms with Crippen LogP contribution in [0.1, 0.15) is 15.9 Å². The minimum Gasteiger partial charge on any atom is -0.288 e. The second kappa shape index (κ2) is 6.53. The molecular formula is C16H13IO3S. The van der Waals surface area contributed by atoms with E-state index in [1.54, 1.807) is 65.1 Å². The summed E-state index contributed by atoms with van der Waals surface area (Å²) in [7, 11) is -3.62. The quantitative estimate of drug-likeness (QED) is 0.435. The lowest BCUT2D eigenvalue weighted by Gasteiger charge is -2.02. The topological polar surface area (TPSA) is 51.2 Å². The molecule has 3 nitrogen and oxygen atoms in total. The van der Waals surface area contributed by atoms with Crippen molar-refractivity contribution in [3.05, 3.63) is 74.7 Å². The molecular weight excluding hydrogens is 399 g/mol. The van der Waals surface area contributed by atoms with E-state index in [0.717, 1.165) is 11.0 Å². The predicted octanol–water partition coefficient (Wildman–Crippen LogP) is 3.93. The third-order valence-corrected chi connectivity index (χ3v) is 5.56. The number of hydrogen-bond donors (Lipinski definition) is 0. The highest BCUT2D eigenvalue weighted by molar-refractivity contribution is 14.1. The van der Waals surface area contributed by atoms with Gasteiger partial charge in [0.1, 0.15) is 0 Å². The van der Waals surface area contributed by atoms with E-state index in [0.29, 0.717) is 5.56 Å². The van der Waals surface area contributed by atoms with Gasteiger partial charge in [0.15, 0.2) is 5.78 Å². The Labute approximate surface area is 137 Å². The zero-order chi connectivity index (χ0) is 15.5. The molecule has 0 aromatic heterocycles. The molecule has 21 heavy (non-hydrogen) atoms. The minimum atomic E-state index is -3.62. The van der Waals surface area contributed by atoms with Crippen LogP contribution in [0.5, 0.6) is 0 Å². The molecule has 0 heterocycles. The number of hydrogen-bond acceptors (Lipinski definition) is 3. The van der Waals surface area contributed by atoms with Crippen LogP contribution in [0.4, 0.5) is 0 Å². The van der Waals surface area contributed by atoms with Crippen molar-refractivity contribution in [2.45, 2.75) is 11.8 Å². The number of carbonyl (C=O) groups excluding carboxylic acids is 1. The average molecular weight is 412 g/mol. The van der Waals surface area contributed by atoms with Crippen molar-refractivity contribution in [2.75, 3.05) is 0 Å². The van der Waals surface area contributed by atoms with Crippen molar-refractivity contribution < 1.29 is 13.2 Å². The fourth-order valence-corrected chi connectivity index (χ4v) is 4.06. The van der Waals surface area contributed by atoms with E-state index in [9.17, 15) is 13.2 Å². The van der Waals surface area contributed by atoms with E-state index in [-0.39, 0.29) is 14.3 Å². The average Bonchev–Trinajstić information content (AvgIpc) is 2.47. The third-order valence-electron chi connectivity index (χ3n) is 2.86. The lowest BCUT2D eigenvalue weighted by molar-refractivity contribution is 0.104. The van der Waals surface area contributed by atoms with Crippen LogP contribution in [-0.4, -0.2) is 14.2 Å². The van der Waals surface area contributed by atoms with Crippen molar-refractivity contribution in [2.24, 2.45) is 0 Å². The number of benzene rings is 2. The Balaban J connectivity index is 2.33. The maximum atomic E-state index is 12.3.